The topological polar surface area (TPSA) is 33.6 Å². The highest BCUT2D eigenvalue weighted by Gasteiger charge is 2.11. The highest BCUT2D eigenvalue weighted by molar-refractivity contribution is 8.93. The molecule has 1 aliphatic rings. The predicted octanol–water partition coefficient (Wildman–Crippen LogP) is 3.52. The lowest BCUT2D eigenvalue weighted by Crippen LogP contribution is -2.13. The molecule has 0 spiro atoms. The minimum Gasteiger partial charge on any atom is -0.463 e. The van der Waals surface area contributed by atoms with Gasteiger partial charge in [0.25, 0.3) is 6.02 Å². The van der Waals surface area contributed by atoms with Crippen molar-refractivity contribution in [3.63, 3.8) is 0 Å². The molecular weight excluding hydrogens is 292 g/mol. The molecule has 18 heavy (non-hydrogen) atoms. The third-order valence-corrected chi connectivity index (χ3v) is 2.95. The molecule has 2 aromatic rings. The first-order valence-corrected chi connectivity index (χ1v) is 5.77. The van der Waals surface area contributed by atoms with E-state index in [9.17, 15) is 0 Å². The second-order valence-electron chi connectivity index (χ2n) is 4.14. The average Bonchev–Trinajstić information content (AvgIpc) is 2.86. The maximum absolute atomic E-state index is 5.40. The van der Waals surface area contributed by atoms with Gasteiger partial charge in [-0.15, -0.1) is 17.0 Å². The number of amidine groups is 1. The summed E-state index contributed by atoms with van der Waals surface area (Å²) in [6.45, 7) is 3.50. The molecular formula is C14H15BrN2O. The van der Waals surface area contributed by atoms with Crippen LogP contribution in [0.1, 0.15) is 5.56 Å². The molecule has 0 atom stereocenters. The van der Waals surface area contributed by atoms with Gasteiger partial charge in [0.15, 0.2) is 0 Å². The number of ether oxygens (including phenoxy) is 1. The van der Waals surface area contributed by atoms with Crippen LogP contribution in [0.3, 0.4) is 0 Å². The van der Waals surface area contributed by atoms with Crippen LogP contribution in [-0.4, -0.2) is 19.2 Å². The van der Waals surface area contributed by atoms with Crippen molar-refractivity contribution >= 4 is 39.5 Å². The van der Waals surface area contributed by atoms with Gasteiger partial charge in [-0.05, 0) is 17.9 Å². The second kappa shape index (κ2) is 5.40. The number of nitrogens with zero attached hydrogens (tertiary/aromatic N) is 1. The van der Waals surface area contributed by atoms with Gasteiger partial charge in [0, 0.05) is 5.39 Å². The number of benzene rings is 2. The van der Waals surface area contributed by atoms with Gasteiger partial charge in [0.2, 0.25) is 0 Å². The fraction of sp³-hybridized carbons (Fsp3) is 0.214. The summed E-state index contributed by atoms with van der Waals surface area (Å²) in [7, 11) is 0. The lowest BCUT2D eigenvalue weighted by Gasteiger charge is -2.12. The van der Waals surface area contributed by atoms with E-state index in [4.69, 9.17) is 4.74 Å². The second-order valence-corrected chi connectivity index (χ2v) is 4.14. The van der Waals surface area contributed by atoms with Gasteiger partial charge in [-0.3, -0.25) is 0 Å². The minimum atomic E-state index is 0. The summed E-state index contributed by atoms with van der Waals surface area (Å²) < 4.78 is 5.40. The number of aliphatic imine (C=N–C) groups is 1. The molecule has 0 aromatic heterocycles. The van der Waals surface area contributed by atoms with Gasteiger partial charge in [-0.25, -0.2) is 4.99 Å². The van der Waals surface area contributed by atoms with E-state index in [1.807, 2.05) is 12.1 Å². The largest absolute Gasteiger partial charge is 0.463 e. The van der Waals surface area contributed by atoms with Crippen LogP contribution >= 0.6 is 17.0 Å². The number of aryl methyl sites for hydroxylation is 1. The van der Waals surface area contributed by atoms with E-state index in [-0.39, 0.29) is 17.0 Å². The van der Waals surface area contributed by atoms with Crippen molar-refractivity contribution in [3.8, 4) is 0 Å². The molecule has 0 saturated heterocycles. The quantitative estimate of drug-likeness (QED) is 0.874. The van der Waals surface area contributed by atoms with Gasteiger partial charge in [0.1, 0.15) is 6.61 Å². The summed E-state index contributed by atoms with van der Waals surface area (Å²) in [5, 5.41) is 5.70. The fourth-order valence-corrected chi connectivity index (χ4v) is 2.06. The van der Waals surface area contributed by atoms with E-state index in [2.05, 4.69) is 41.5 Å². The lowest BCUT2D eigenvalue weighted by molar-refractivity contribution is 0.346. The number of anilines is 1. The Balaban J connectivity index is 0.00000120. The fourth-order valence-electron chi connectivity index (χ4n) is 2.06. The van der Waals surface area contributed by atoms with Crippen LogP contribution in [0, 0.1) is 6.92 Å². The summed E-state index contributed by atoms with van der Waals surface area (Å²) in [6.07, 6.45) is 0. The van der Waals surface area contributed by atoms with Crippen molar-refractivity contribution in [1.29, 1.82) is 0 Å². The van der Waals surface area contributed by atoms with E-state index < -0.39 is 0 Å². The number of hydrogen-bond acceptors (Lipinski definition) is 3. The van der Waals surface area contributed by atoms with Gasteiger partial charge >= 0.3 is 0 Å². The third-order valence-electron chi connectivity index (χ3n) is 2.95. The molecule has 3 rings (SSSR count). The molecule has 0 radical (unpaired) electrons. The maximum Gasteiger partial charge on any atom is 0.289 e. The van der Waals surface area contributed by atoms with Crippen LogP contribution < -0.4 is 5.32 Å². The Kier molecular flexibility index (Phi) is 3.87. The summed E-state index contributed by atoms with van der Waals surface area (Å²) in [6, 6.07) is 13.2. The Morgan fingerprint density at radius 1 is 1.17 bits per heavy atom. The Morgan fingerprint density at radius 3 is 2.78 bits per heavy atom. The first kappa shape index (κ1) is 12.9. The van der Waals surface area contributed by atoms with Gasteiger partial charge < -0.3 is 10.1 Å². The molecule has 2 aromatic carbocycles. The molecule has 1 heterocycles. The van der Waals surface area contributed by atoms with Crippen LogP contribution in [0.5, 0.6) is 0 Å². The third kappa shape index (κ3) is 2.34. The van der Waals surface area contributed by atoms with E-state index in [0.717, 1.165) is 12.2 Å². The molecule has 0 bridgehead atoms. The van der Waals surface area contributed by atoms with Crippen molar-refractivity contribution in [1.82, 2.24) is 0 Å². The molecule has 0 saturated carbocycles. The Labute approximate surface area is 117 Å². The molecule has 0 fully saturated rings. The van der Waals surface area contributed by atoms with Crippen molar-refractivity contribution in [2.75, 3.05) is 18.5 Å². The zero-order valence-corrected chi connectivity index (χ0v) is 11.9. The highest BCUT2D eigenvalue weighted by atomic mass is 79.9. The normalized spacial score (nSPS) is 13.7. The summed E-state index contributed by atoms with van der Waals surface area (Å²) in [5.74, 6) is 0. The molecule has 3 nitrogen and oxygen atoms in total. The minimum absolute atomic E-state index is 0. The van der Waals surface area contributed by atoms with Crippen LogP contribution in [0.15, 0.2) is 41.4 Å². The number of nitrogens with one attached hydrogen (secondary N) is 1. The zero-order chi connectivity index (χ0) is 11.7. The Bertz CT molecular complexity index is 595. The summed E-state index contributed by atoms with van der Waals surface area (Å²) in [5.41, 5.74) is 2.28. The van der Waals surface area contributed by atoms with E-state index in [1.54, 1.807) is 0 Å². The number of rotatable bonds is 1. The molecule has 1 N–H and O–H groups in total. The van der Waals surface area contributed by atoms with Gasteiger partial charge in [0.05, 0.1) is 12.2 Å². The smallest absolute Gasteiger partial charge is 0.289 e. The molecule has 4 heteroatoms. The Morgan fingerprint density at radius 2 is 2.00 bits per heavy atom. The molecule has 94 valence electrons. The van der Waals surface area contributed by atoms with E-state index >= 15 is 0 Å². The van der Waals surface area contributed by atoms with Crippen molar-refractivity contribution in [2.45, 2.75) is 6.92 Å². The predicted molar refractivity (Wildman–Crippen MR) is 80.9 cm³/mol. The van der Waals surface area contributed by atoms with Crippen molar-refractivity contribution in [2.24, 2.45) is 4.99 Å². The van der Waals surface area contributed by atoms with Crippen molar-refractivity contribution < 1.29 is 4.74 Å². The number of fused-ring (bicyclic) bond motifs is 1. The van der Waals surface area contributed by atoms with Crippen LogP contribution in [0.2, 0.25) is 0 Å². The highest BCUT2D eigenvalue weighted by Crippen LogP contribution is 2.27. The standard InChI is InChI=1S/C14H14N2O.BrH/c1-10-6-7-11-4-2-3-5-12(11)13(10)16-14-15-8-9-17-14;/h2-7H,8-9H2,1H3,(H,15,16);1H. The first-order chi connectivity index (χ1) is 8.34. The number of hydrogen-bond donors (Lipinski definition) is 1. The molecule has 0 aliphatic carbocycles. The monoisotopic (exact) mass is 306 g/mol. The average molecular weight is 307 g/mol. The summed E-state index contributed by atoms with van der Waals surface area (Å²) >= 11 is 0. The molecule has 1 aliphatic heterocycles. The van der Waals surface area contributed by atoms with Gasteiger partial charge in [-0.1, -0.05) is 36.4 Å². The maximum atomic E-state index is 5.40. The molecule has 0 unspecified atom stereocenters. The van der Waals surface area contributed by atoms with Crippen molar-refractivity contribution in [3.05, 3.63) is 42.0 Å². The zero-order valence-electron chi connectivity index (χ0n) is 10.1. The number of halogens is 1. The van der Waals surface area contributed by atoms with Gasteiger partial charge in [-0.2, -0.15) is 0 Å². The first-order valence-electron chi connectivity index (χ1n) is 5.77. The molecule has 0 amide bonds. The lowest BCUT2D eigenvalue weighted by atomic mass is 10.0. The van der Waals surface area contributed by atoms with E-state index in [1.165, 1.54) is 16.3 Å². The SMILES string of the molecule is Br.Cc1ccc2ccccc2c1NC1=NCCO1. The van der Waals surface area contributed by atoms with Crippen LogP contribution in [0.4, 0.5) is 5.69 Å². The van der Waals surface area contributed by atoms with Crippen LogP contribution in [0.25, 0.3) is 10.8 Å². The van der Waals surface area contributed by atoms with Crippen LogP contribution in [-0.2, 0) is 4.74 Å². The summed E-state index contributed by atoms with van der Waals surface area (Å²) in [4.78, 5) is 4.26. The Hall–Kier alpha value is -1.55. The van der Waals surface area contributed by atoms with E-state index in [0.29, 0.717) is 12.6 Å².